The second kappa shape index (κ2) is 9.77. The zero-order valence-electron chi connectivity index (χ0n) is 25.0. The zero-order chi connectivity index (χ0) is 28.4. The molecule has 1 aromatic heterocycles. The van der Waals surface area contributed by atoms with E-state index in [0.29, 0.717) is 11.8 Å². The largest absolute Gasteiger partial charge is 0.458 e. The topological polar surface area (TPSA) is 13.1 Å². The van der Waals surface area contributed by atoms with Crippen LogP contribution in [0, 0.1) is 6.92 Å². The van der Waals surface area contributed by atoms with Crippen LogP contribution in [0.25, 0.3) is 27.8 Å². The normalized spacial score (nSPS) is 14.0. The quantitative estimate of drug-likeness (QED) is 0.173. The molecule has 3 heteroatoms. The van der Waals surface area contributed by atoms with Gasteiger partial charge in [-0.05, 0) is 75.7 Å². The van der Waals surface area contributed by atoms with Crippen LogP contribution in [0.1, 0.15) is 67.3 Å². The summed E-state index contributed by atoms with van der Waals surface area (Å²) >= 11 is 0. The molecular formula is C38H37BNO+. The van der Waals surface area contributed by atoms with E-state index in [1.54, 1.807) is 0 Å². The number of para-hydroxylation sites is 1. The van der Waals surface area contributed by atoms with Crippen molar-refractivity contribution < 1.29 is 9.30 Å². The summed E-state index contributed by atoms with van der Waals surface area (Å²) in [5, 5.41) is 2.59. The second-order valence-electron chi connectivity index (χ2n) is 12.4. The number of aryl methyl sites for hydroxylation is 2. The Labute approximate surface area is 244 Å². The number of hydrogen-bond donors (Lipinski definition) is 0. The summed E-state index contributed by atoms with van der Waals surface area (Å²) in [6.45, 7) is 11.7. The van der Waals surface area contributed by atoms with Gasteiger partial charge in [-0.15, -0.1) is 0 Å². The first kappa shape index (κ1) is 25.8. The highest BCUT2D eigenvalue weighted by molar-refractivity contribution is 6.93. The Bertz CT molecular complexity index is 1850. The van der Waals surface area contributed by atoms with Crippen molar-refractivity contribution in [2.75, 3.05) is 0 Å². The van der Waals surface area contributed by atoms with Gasteiger partial charge in [-0.25, -0.2) is 4.57 Å². The number of rotatable bonds is 4. The molecule has 0 fully saturated rings. The minimum atomic E-state index is 0.175. The first-order chi connectivity index (χ1) is 19.8. The summed E-state index contributed by atoms with van der Waals surface area (Å²) in [6, 6.07) is 31.2. The van der Waals surface area contributed by atoms with Crippen molar-refractivity contribution in [3.05, 3.63) is 124 Å². The Morgan fingerprint density at radius 3 is 2.24 bits per heavy atom. The third kappa shape index (κ3) is 4.05. The summed E-state index contributed by atoms with van der Waals surface area (Å²) in [4.78, 5) is 0. The first-order valence-electron chi connectivity index (χ1n) is 15.0. The zero-order valence-corrected chi connectivity index (χ0v) is 25.0. The van der Waals surface area contributed by atoms with Crippen molar-refractivity contribution in [2.24, 2.45) is 7.05 Å². The molecule has 2 heterocycles. The molecule has 202 valence electrons. The van der Waals surface area contributed by atoms with Crippen LogP contribution >= 0.6 is 0 Å². The van der Waals surface area contributed by atoms with Crippen molar-refractivity contribution >= 4 is 34.2 Å². The summed E-state index contributed by atoms with van der Waals surface area (Å²) in [5.74, 6) is 2.91. The molecule has 1 aliphatic heterocycles. The van der Waals surface area contributed by atoms with Gasteiger partial charge in [0.25, 0.3) is 0 Å². The number of ether oxygens (including phenoxy) is 1. The summed E-state index contributed by atoms with van der Waals surface area (Å²) in [6.07, 6.45) is 3.23. The van der Waals surface area contributed by atoms with Crippen LogP contribution in [-0.2, 0) is 13.5 Å². The number of benzene rings is 4. The number of allylic oxidation sites excluding steroid dienone is 1. The van der Waals surface area contributed by atoms with Crippen LogP contribution in [0.3, 0.4) is 0 Å². The van der Waals surface area contributed by atoms with E-state index in [2.05, 4.69) is 137 Å². The van der Waals surface area contributed by atoms with E-state index in [0.717, 1.165) is 17.9 Å². The fraction of sp³-hybridized carbons (Fsp3) is 0.237. The van der Waals surface area contributed by atoms with Gasteiger partial charge in [0, 0.05) is 22.8 Å². The molecule has 0 unspecified atom stereocenters. The molecule has 0 saturated carbocycles. The average Bonchev–Trinajstić information content (AvgIpc) is 3.32. The number of pyridine rings is 1. The summed E-state index contributed by atoms with van der Waals surface area (Å²) in [5.41, 5.74) is 13.4. The Hall–Kier alpha value is -4.11. The van der Waals surface area contributed by atoms with Crippen LogP contribution in [0.4, 0.5) is 0 Å². The van der Waals surface area contributed by atoms with Gasteiger partial charge >= 0.3 is 0 Å². The molecule has 0 saturated heterocycles. The number of hydrogen-bond acceptors (Lipinski definition) is 1. The molecule has 0 radical (unpaired) electrons. The van der Waals surface area contributed by atoms with Crippen LogP contribution in [0.5, 0.6) is 5.75 Å². The standard InChI is InChI=1S/C38H37BNO/c1-23(2)28-14-11-15-29(24(3)4)37(28)39-33-16-9-10-17-36(33)41-38-32-21-35(40(6)22-27(32)20-34(38)39)31-19-18-26-12-7-8-13-30(26)25(31)5/h7-19,21-24H,20H2,1-6H3/q+1. The van der Waals surface area contributed by atoms with Gasteiger partial charge in [-0.3, -0.25) is 0 Å². The Morgan fingerprint density at radius 2 is 1.49 bits per heavy atom. The van der Waals surface area contributed by atoms with Crippen molar-refractivity contribution in [1.82, 2.24) is 0 Å². The molecular weight excluding hydrogens is 497 g/mol. The molecule has 2 nitrogen and oxygen atoms in total. The molecule has 5 aromatic rings. The lowest BCUT2D eigenvalue weighted by atomic mass is 9.33. The smallest absolute Gasteiger partial charge is 0.247 e. The van der Waals surface area contributed by atoms with Crippen LogP contribution in [0.15, 0.2) is 96.6 Å². The fourth-order valence-electron chi connectivity index (χ4n) is 7.22. The number of nitrogens with zero attached hydrogens (tertiary/aromatic N) is 1. The molecule has 41 heavy (non-hydrogen) atoms. The van der Waals surface area contributed by atoms with Crippen molar-refractivity contribution in [3.8, 4) is 17.0 Å². The lowest BCUT2D eigenvalue weighted by molar-refractivity contribution is -0.660. The average molecular weight is 535 g/mol. The van der Waals surface area contributed by atoms with Crippen LogP contribution in [-0.4, -0.2) is 6.71 Å². The third-order valence-corrected chi connectivity index (χ3v) is 9.24. The van der Waals surface area contributed by atoms with Gasteiger partial charge in [-0.1, -0.05) is 99.9 Å². The van der Waals surface area contributed by atoms with Gasteiger partial charge in [0.2, 0.25) is 12.4 Å². The summed E-state index contributed by atoms with van der Waals surface area (Å²) in [7, 11) is 2.18. The third-order valence-electron chi connectivity index (χ3n) is 9.24. The highest BCUT2D eigenvalue weighted by Crippen LogP contribution is 2.41. The SMILES string of the molecule is Cc1c(-c2cc3c(c[n+]2C)CC2=C3Oc3ccccc3B2c2c(C(C)C)cccc2C(C)C)ccc2ccccc12. The van der Waals surface area contributed by atoms with Gasteiger partial charge < -0.3 is 4.74 Å². The molecule has 0 N–H and O–H groups in total. The van der Waals surface area contributed by atoms with Gasteiger partial charge in [0.05, 0.1) is 0 Å². The minimum Gasteiger partial charge on any atom is -0.458 e. The maximum atomic E-state index is 6.84. The molecule has 4 aromatic carbocycles. The predicted molar refractivity (Wildman–Crippen MR) is 173 cm³/mol. The van der Waals surface area contributed by atoms with Crippen molar-refractivity contribution in [3.63, 3.8) is 0 Å². The molecule has 0 amide bonds. The van der Waals surface area contributed by atoms with Crippen LogP contribution < -0.4 is 20.2 Å². The summed E-state index contributed by atoms with van der Waals surface area (Å²) < 4.78 is 9.14. The Balaban J connectivity index is 1.45. The molecule has 0 bridgehead atoms. The fourth-order valence-corrected chi connectivity index (χ4v) is 7.22. The molecule has 7 rings (SSSR count). The van der Waals surface area contributed by atoms with E-state index in [9.17, 15) is 0 Å². The van der Waals surface area contributed by atoms with E-state index >= 15 is 0 Å². The van der Waals surface area contributed by atoms with Gasteiger partial charge in [0.15, 0.2) is 6.20 Å². The van der Waals surface area contributed by atoms with E-state index in [4.69, 9.17) is 4.74 Å². The number of fused-ring (bicyclic) bond motifs is 4. The Kier molecular flexibility index (Phi) is 6.15. The lowest BCUT2D eigenvalue weighted by Gasteiger charge is -2.31. The maximum Gasteiger partial charge on any atom is 0.247 e. The van der Waals surface area contributed by atoms with E-state index < -0.39 is 0 Å². The van der Waals surface area contributed by atoms with Crippen LogP contribution in [0.2, 0.25) is 0 Å². The van der Waals surface area contributed by atoms with E-state index in [1.807, 2.05) is 0 Å². The molecule has 0 atom stereocenters. The van der Waals surface area contributed by atoms with E-state index in [-0.39, 0.29) is 6.71 Å². The predicted octanol–water partition coefficient (Wildman–Crippen LogP) is 7.39. The first-order valence-corrected chi connectivity index (χ1v) is 15.0. The molecule has 1 aliphatic carbocycles. The second-order valence-corrected chi connectivity index (χ2v) is 12.4. The van der Waals surface area contributed by atoms with E-state index in [1.165, 1.54) is 66.2 Å². The van der Waals surface area contributed by atoms with Gasteiger partial charge in [0.1, 0.15) is 18.6 Å². The maximum absolute atomic E-state index is 6.84. The Morgan fingerprint density at radius 1 is 0.780 bits per heavy atom. The van der Waals surface area contributed by atoms with Gasteiger partial charge in [-0.2, -0.15) is 0 Å². The highest BCUT2D eigenvalue weighted by Gasteiger charge is 2.42. The lowest BCUT2D eigenvalue weighted by Crippen LogP contribution is -2.50. The monoisotopic (exact) mass is 534 g/mol. The van der Waals surface area contributed by atoms with Crippen molar-refractivity contribution in [1.29, 1.82) is 0 Å². The minimum absolute atomic E-state index is 0.175. The highest BCUT2D eigenvalue weighted by atomic mass is 16.5. The molecule has 2 aliphatic rings. The molecule has 0 spiro atoms. The number of aromatic nitrogens is 1. The van der Waals surface area contributed by atoms with Crippen molar-refractivity contribution in [2.45, 2.75) is 52.9 Å².